The summed E-state index contributed by atoms with van der Waals surface area (Å²) in [5.74, 6) is -0.779. The molecule has 8 heteroatoms. The number of nitrogens with one attached hydrogen (secondary N) is 1. The fourth-order valence-corrected chi connectivity index (χ4v) is 2.71. The first-order chi connectivity index (χ1) is 12.9. The van der Waals surface area contributed by atoms with Gasteiger partial charge in [0.2, 0.25) is 0 Å². The summed E-state index contributed by atoms with van der Waals surface area (Å²) < 4.78 is 6.50. The van der Waals surface area contributed by atoms with Crippen molar-refractivity contribution in [3.8, 4) is 0 Å². The van der Waals surface area contributed by atoms with Crippen molar-refractivity contribution in [2.24, 2.45) is 0 Å². The molecule has 1 N–H and O–H groups in total. The largest absolute Gasteiger partial charge is 0.450 e. The smallest absolute Gasteiger partial charge is 0.378 e. The lowest BCUT2D eigenvalue weighted by molar-refractivity contribution is -0.119. The highest BCUT2D eigenvalue weighted by Crippen LogP contribution is 2.27. The van der Waals surface area contributed by atoms with Crippen LogP contribution in [0.2, 0.25) is 0 Å². The van der Waals surface area contributed by atoms with E-state index in [2.05, 4.69) is 34.2 Å². The Morgan fingerprint density at radius 2 is 2.00 bits per heavy atom. The van der Waals surface area contributed by atoms with E-state index in [9.17, 15) is 9.59 Å². The van der Waals surface area contributed by atoms with E-state index < -0.39 is 18.5 Å². The maximum Gasteiger partial charge on any atom is 0.378 e. The highest BCUT2D eigenvalue weighted by molar-refractivity contribution is 5.95. The first kappa shape index (κ1) is 18.5. The number of rotatable bonds is 5. The molecule has 27 heavy (non-hydrogen) atoms. The summed E-state index contributed by atoms with van der Waals surface area (Å²) in [5.41, 5.74) is 3.51. The van der Waals surface area contributed by atoms with Gasteiger partial charge in [-0.1, -0.05) is 32.0 Å². The molecule has 1 aromatic carbocycles. The zero-order valence-corrected chi connectivity index (χ0v) is 15.7. The van der Waals surface area contributed by atoms with Gasteiger partial charge < -0.3 is 10.1 Å². The number of anilines is 1. The third-order valence-corrected chi connectivity index (χ3v) is 4.14. The normalized spacial score (nSPS) is 11.0. The minimum absolute atomic E-state index is 0.136. The Hall–Kier alpha value is -3.29. The number of aryl methyl sites for hydroxylation is 2. The molecule has 2 aromatic heterocycles. The Morgan fingerprint density at radius 1 is 1.22 bits per heavy atom. The van der Waals surface area contributed by atoms with Crippen molar-refractivity contribution >= 4 is 23.3 Å². The molecule has 3 rings (SSSR count). The van der Waals surface area contributed by atoms with Crippen molar-refractivity contribution in [3.63, 3.8) is 0 Å². The van der Waals surface area contributed by atoms with Gasteiger partial charge in [0, 0.05) is 17.6 Å². The number of nitrogens with zero attached hydrogens (tertiary/aromatic N) is 4. The van der Waals surface area contributed by atoms with Gasteiger partial charge in [-0.2, -0.15) is 4.98 Å². The summed E-state index contributed by atoms with van der Waals surface area (Å²) >= 11 is 0. The van der Waals surface area contributed by atoms with Gasteiger partial charge in [-0.05, 0) is 37.0 Å². The molecule has 140 valence electrons. The standard InChI is InChI=1S/C19H21N5O3/c1-11(2)14-7-5-6-12(3)16(14)21-15(25)10-27-18(26)17-22-19-20-9-8-13(4)24(19)23-17/h5-9,11H,10H2,1-4H3,(H,21,25). The van der Waals surface area contributed by atoms with Gasteiger partial charge in [-0.15, -0.1) is 5.10 Å². The van der Waals surface area contributed by atoms with E-state index in [-0.39, 0.29) is 11.7 Å². The van der Waals surface area contributed by atoms with Crippen LogP contribution >= 0.6 is 0 Å². The summed E-state index contributed by atoms with van der Waals surface area (Å²) in [6, 6.07) is 7.59. The fraction of sp³-hybridized carbons (Fsp3) is 0.316. The van der Waals surface area contributed by atoms with Crippen molar-refractivity contribution in [3.05, 3.63) is 53.1 Å². The number of fused-ring (bicyclic) bond motifs is 1. The molecule has 0 unspecified atom stereocenters. The van der Waals surface area contributed by atoms with Gasteiger partial charge >= 0.3 is 5.97 Å². The van der Waals surface area contributed by atoms with Crippen LogP contribution < -0.4 is 5.32 Å². The molecule has 0 atom stereocenters. The minimum Gasteiger partial charge on any atom is -0.450 e. The summed E-state index contributed by atoms with van der Waals surface area (Å²) in [6.07, 6.45) is 1.58. The summed E-state index contributed by atoms with van der Waals surface area (Å²) in [5, 5.41) is 6.89. The number of aromatic nitrogens is 4. The average Bonchev–Trinajstić information content (AvgIpc) is 3.07. The number of benzene rings is 1. The van der Waals surface area contributed by atoms with Crippen LogP contribution in [0, 0.1) is 13.8 Å². The molecule has 0 saturated carbocycles. The second-order valence-electron chi connectivity index (χ2n) is 6.55. The molecule has 3 aromatic rings. The quantitative estimate of drug-likeness (QED) is 0.696. The van der Waals surface area contributed by atoms with Crippen LogP contribution in [0.4, 0.5) is 5.69 Å². The Kier molecular flexibility index (Phi) is 5.16. The number of carbonyl (C=O) groups excluding carboxylic acids is 2. The number of amides is 1. The molecule has 0 saturated heterocycles. The van der Waals surface area contributed by atoms with Crippen molar-refractivity contribution in [2.45, 2.75) is 33.6 Å². The van der Waals surface area contributed by atoms with Crippen LogP contribution in [0.15, 0.2) is 30.5 Å². The van der Waals surface area contributed by atoms with E-state index in [0.717, 1.165) is 22.5 Å². The Balaban J connectivity index is 1.67. The van der Waals surface area contributed by atoms with E-state index in [1.165, 1.54) is 4.52 Å². The van der Waals surface area contributed by atoms with Crippen LogP contribution in [-0.2, 0) is 9.53 Å². The molecule has 0 radical (unpaired) electrons. The van der Waals surface area contributed by atoms with Gasteiger partial charge in [-0.25, -0.2) is 14.3 Å². The topological polar surface area (TPSA) is 98.5 Å². The molecule has 0 aliphatic rings. The molecule has 2 heterocycles. The molecule has 0 aliphatic heterocycles. The molecule has 0 bridgehead atoms. The first-order valence-electron chi connectivity index (χ1n) is 8.61. The summed E-state index contributed by atoms with van der Waals surface area (Å²) in [7, 11) is 0. The van der Waals surface area contributed by atoms with Crippen LogP contribution in [-0.4, -0.2) is 38.1 Å². The molecule has 0 aliphatic carbocycles. The van der Waals surface area contributed by atoms with Crippen molar-refractivity contribution in [2.75, 3.05) is 11.9 Å². The predicted molar refractivity (Wildman–Crippen MR) is 99.7 cm³/mol. The number of para-hydroxylation sites is 1. The lowest BCUT2D eigenvalue weighted by atomic mass is 9.98. The maximum absolute atomic E-state index is 12.3. The van der Waals surface area contributed by atoms with E-state index in [1.54, 1.807) is 12.3 Å². The third kappa shape index (κ3) is 3.94. The summed E-state index contributed by atoms with van der Waals surface area (Å²) in [6.45, 7) is 7.42. The lowest BCUT2D eigenvalue weighted by Crippen LogP contribution is -2.22. The van der Waals surface area contributed by atoms with Crippen LogP contribution in [0.5, 0.6) is 0 Å². The Labute approximate surface area is 156 Å². The molecular weight excluding hydrogens is 346 g/mol. The third-order valence-electron chi connectivity index (χ3n) is 4.14. The predicted octanol–water partition coefficient (Wildman–Crippen LogP) is 2.66. The lowest BCUT2D eigenvalue weighted by Gasteiger charge is -2.16. The molecule has 8 nitrogen and oxygen atoms in total. The molecular formula is C19H21N5O3. The van der Waals surface area contributed by atoms with Gasteiger partial charge in [0.05, 0.1) is 0 Å². The molecule has 0 fully saturated rings. The van der Waals surface area contributed by atoms with Gasteiger partial charge in [0.15, 0.2) is 6.61 Å². The Morgan fingerprint density at radius 3 is 2.70 bits per heavy atom. The zero-order chi connectivity index (χ0) is 19.6. The molecule has 0 spiro atoms. The fourth-order valence-electron chi connectivity index (χ4n) is 2.71. The highest BCUT2D eigenvalue weighted by Gasteiger charge is 2.18. The zero-order valence-electron chi connectivity index (χ0n) is 15.7. The number of hydrogen-bond acceptors (Lipinski definition) is 6. The van der Waals surface area contributed by atoms with Crippen LogP contribution in [0.1, 0.15) is 47.2 Å². The van der Waals surface area contributed by atoms with Gasteiger partial charge in [-0.3, -0.25) is 4.79 Å². The van der Waals surface area contributed by atoms with E-state index in [0.29, 0.717) is 5.78 Å². The second-order valence-corrected chi connectivity index (χ2v) is 6.55. The van der Waals surface area contributed by atoms with Gasteiger partial charge in [0.1, 0.15) is 0 Å². The van der Waals surface area contributed by atoms with Gasteiger partial charge in [0.25, 0.3) is 17.5 Å². The molecule has 1 amide bonds. The monoisotopic (exact) mass is 367 g/mol. The second kappa shape index (κ2) is 7.53. The van der Waals surface area contributed by atoms with Crippen molar-refractivity contribution in [1.29, 1.82) is 0 Å². The first-order valence-corrected chi connectivity index (χ1v) is 8.61. The number of esters is 1. The SMILES string of the molecule is Cc1cccc(C(C)C)c1NC(=O)COC(=O)c1nc2nccc(C)n2n1. The minimum atomic E-state index is -0.774. The Bertz CT molecular complexity index is 1010. The number of hydrogen-bond donors (Lipinski definition) is 1. The van der Waals surface area contributed by atoms with Crippen molar-refractivity contribution < 1.29 is 14.3 Å². The maximum atomic E-state index is 12.3. The van der Waals surface area contributed by atoms with Crippen LogP contribution in [0.25, 0.3) is 5.78 Å². The highest BCUT2D eigenvalue weighted by atomic mass is 16.5. The van der Waals surface area contributed by atoms with E-state index in [1.807, 2.05) is 32.0 Å². The van der Waals surface area contributed by atoms with E-state index >= 15 is 0 Å². The number of carbonyl (C=O) groups is 2. The summed E-state index contributed by atoms with van der Waals surface area (Å²) in [4.78, 5) is 32.5. The van der Waals surface area contributed by atoms with Crippen molar-refractivity contribution in [1.82, 2.24) is 19.6 Å². The van der Waals surface area contributed by atoms with E-state index in [4.69, 9.17) is 4.74 Å². The average molecular weight is 367 g/mol. The number of ether oxygens (including phenoxy) is 1. The van der Waals surface area contributed by atoms with Crippen LogP contribution in [0.3, 0.4) is 0 Å².